The van der Waals surface area contributed by atoms with Gasteiger partial charge in [0.1, 0.15) is 0 Å². The molecule has 0 N–H and O–H groups in total. The minimum absolute atomic E-state index is 0.466. The molecule has 0 fully saturated rings. The number of hydrogen-bond donors (Lipinski definition) is 0. The summed E-state index contributed by atoms with van der Waals surface area (Å²) < 4.78 is 19.7. The molecule has 0 aromatic carbocycles. The summed E-state index contributed by atoms with van der Waals surface area (Å²) in [5.74, 6) is 0. The van der Waals surface area contributed by atoms with E-state index in [4.69, 9.17) is 0 Å². The maximum atomic E-state index is 10.4. The summed E-state index contributed by atoms with van der Waals surface area (Å²) in [7, 11) is 0. The SMILES string of the molecule is CCO[Se](=O)OCC. The van der Waals surface area contributed by atoms with Crippen LogP contribution in [0, 0.1) is 0 Å². The van der Waals surface area contributed by atoms with E-state index in [-0.39, 0.29) is 0 Å². The Morgan fingerprint density at radius 2 is 1.62 bits per heavy atom. The van der Waals surface area contributed by atoms with Crippen molar-refractivity contribution in [2.75, 3.05) is 13.2 Å². The van der Waals surface area contributed by atoms with Crippen molar-refractivity contribution >= 4 is 14.5 Å². The van der Waals surface area contributed by atoms with Crippen molar-refractivity contribution in [3.8, 4) is 0 Å². The third-order valence-corrected chi connectivity index (χ3v) is 2.22. The Morgan fingerprint density at radius 3 is 1.88 bits per heavy atom. The van der Waals surface area contributed by atoms with Crippen molar-refractivity contribution in [1.82, 2.24) is 0 Å². The molecule has 0 aromatic rings. The van der Waals surface area contributed by atoms with E-state index in [1.807, 2.05) is 0 Å². The average Bonchev–Trinajstić information content (AvgIpc) is 1.68. The van der Waals surface area contributed by atoms with Crippen LogP contribution in [0.5, 0.6) is 0 Å². The molecule has 0 rings (SSSR count). The van der Waals surface area contributed by atoms with Crippen LogP contribution in [-0.4, -0.2) is 27.7 Å². The van der Waals surface area contributed by atoms with Crippen LogP contribution in [0.1, 0.15) is 13.8 Å². The molecule has 0 unspecified atom stereocenters. The van der Waals surface area contributed by atoms with Crippen molar-refractivity contribution in [2.24, 2.45) is 0 Å². The fraction of sp³-hybridized carbons (Fsp3) is 1.00. The van der Waals surface area contributed by atoms with Gasteiger partial charge >= 0.3 is 53.0 Å². The van der Waals surface area contributed by atoms with Crippen molar-refractivity contribution in [1.29, 1.82) is 0 Å². The molecule has 3 nitrogen and oxygen atoms in total. The molecule has 0 saturated carbocycles. The van der Waals surface area contributed by atoms with Crippen LogP contribution < -0.4 is 0 Å². The Labute approximate surface area is 53.7 Å². The normalized spacial score (nSPS) is 10.4. The second kappa shape index (κ2) is 5.38. The van der Waals surface area contributed by atoms with Crippen LogP contribution in [0.15, 0.2) is 0 Å². The van der Waals surface area contributed by atoms with E-state index in [2.05, 4.69) is 7.64 Å². The van der Waals surface area contributed by atoms with E-state index in [0.717, 1.165) is 0 Å². The van der Waals surface area contributed by atoms with E-state index >= 15 is 0 Å². The fourth-order valence-electron chi connectivity index (χ4n) is 0.226. The molecule has 0 saturated heterocycles. The number of hydrogen-bond acceptors (Lipinski definition) is 3. The topological polar surface area (TPSA) is 35.5 Å². The summed E-state index contributed by atoms with van der Waals surface area (Å²) in [6.07, 6.45) is 0. The zero-order chi connectivity index (χ0) is 6.41. The van der Waals surface area contributed by atoms with Crippen LogP contribution in [-0.2, 0) is 11.5 Å². The van der Waals surface area contributed by atoms with E-state index in [9.17, 15) is 3.83 Å². The molecule has 0 radical (unpaired) electrons. The van der Waals surface area contributed by atoms with Gasteiger partial charge < -0.3 is 0 Å². The van der Waals surface area contributed by atoms with Gasteiger partial charge in [0.2, 0.25) is 0 Å². The van der Waals surface area contributed by atoms with Crippen LogP contribution in [0.25, 0.3) is 0 Å². The Balaban J connectivity index is 3.06. The predicted octanol–water partition coefficient (Wildman–Crippen LogP) is 0.475. The van der Waals surface area contributed by atoms with Crippen molar-refractivity contribution in [2.45, 2.75) is 13.8 Å². The Morgan fingerprint density at radius 1 is 1.25 bits per heavy atom. The summed E-state index contributed by atoms with van der Waals surface area (Å²) in [6.45, 7) is 4.50. The van der Waals surface area contributed by atoms with Crippen LogP contribution in [0.3, 0.4) is 0 Å². The van der Waals surface area contributed by atoms with E-state index < -0.39 is 14.5 Å². The number of rotatable bonds is 4. The summed E-state index contributed by atoms with van der Waals surface area (Å²) in [4.78, 5) is 0. The second-order valence-electron chi connectivity index (χ2n) is 1.02. The zero-order valence-corrected chi connectivity index (χ0v) is 6.76. The Bertz CT molecular complexity index is 65.7. The molecule has 8 heavy (non-hydrogen) atoms. The van der Waals surface area contributed by atoms with Gasteiger partial charge in [-0.3, -0.25) is 0 Å². The molecule has 0 aromatic heterocycles. The summed E-state index contributed by atoms with van der Waals surface area (Å²) >= 11 is -2.34. The molecular formula is C4H10O3Se. The Kier molecular flexibility index (Phi) is 5.54. The van der Waals surface area contributed by atoms with Gasteiger partial charge in [0.25, 0.3) is 0 Å². The van der Waals surface area contributed by atoms with Crippen LogP contribution >= 0.6 is 0 Å². The summed E-state index contributed by atoms with van der Waals surface area (Å²) in [5.41, 5.74) is 0. The standard InChI is InChI=1S/C4H10O3Se/c1-3-6-8(5)7-4-2/h3-4H2,1-2H3. The molecule has 0 amide bonds. The van der Waals surface area contributed by atoms with Gasteiger partial charge in [-0.2, -0.15) is 0 Å². The monoisotopic (exact) mass is 186 g/mol. The van der Waals surface area contributed by atoms with Gasteiger partial charge in [0, 0.05) is 0 Å². The van der Waals surface area contributed by atoms with Gasteiger partial charge in [-0.25, -0.2) is 0 Å². The maximum absolute atomic E-state index is 10.4. The average molecular weight is 185 g/mol. The van der Waals surface area contributed by atoms with Crippen LogP contribution in [0.2, 0.25) is 0 Å². The third kappa shape index (κ3) is 4.40. The van der Waals surface area contributed by atoms with E-state index in [0.29, 0.717) is 13.2 Å². The summed E-state index contributed by atoms with van der Waals surface area (Å²) in [6, 6.07) is 0. The summed E-state index contributed by atoms with van der Waals surface area (Å²) in [5, 5.41) is 0. The van der Waals surface area contributed by atoms with Gasteiger partial charge in [0.05, 0.1) is 0 Å². The molecule has 4 heteroatoms. The van der Waals surface area contributed by atoms with Gasteiger partial charge in [0.15, 0.2) is 0 Å². The first-order valence-electron chi connectivity index (χ1n) is 2.49. The van der Waals surface area contributed by atoms with E-state index in [1.54, 1.807) is 13.8 Å². The second-order valence-corrected chi connectivity index (χ2v) is 2.86. The molecule has 50 valence electrons. The fourth-order valence-corrected chi connectivity index (χ4v) is 1.18. The molecular weight excluding hydrogens is 175 g/mol. The quantitative estimate of drug-likeness (QED) is 0.597. The molecule has 0 aliphatic heterocycles. The molecule has 0 atom stereocenters. The molecule has 0 heterocycles. The molecule has 0 spiro atoms. The Hall–Kier alpha value is 0.239. The van der Waals surface area contributed by atoms with Crippen molar-refractivity contribution < 1.29 is 11.5 Å². The van der Waals surface area contributed by atoms with Crippen LogP contribution in [0.4, 0.5) is 0 Å². The first kappa shape index (κ1) is 8.24. The van der Waals surface area contributed by atoms with Gasteiger partial charge in [-0.15, -0.1) is 0 Å². The third-order valence-electron chi connectivity index (χ3n) is 0.428. The van der Waals surface area contributed by atoms with Crippen molar-refractivity contribution in [3.63, 3.8) is 0 Å². The first-order valence-corrected chi connectivity index (χ1v) is 4.59. The van der Waals surface area contributed by atoms with E-state index in [1.165, 1.54) is 0 Å². The molecule has 0 bridgehead atoms. The predicted molar refractivity (Wildman–Crippen MR) is 29.7 cm³/mol. The molecule has 0 aliphatic rings. The molecule has 0 aliphatic carbocycles. The first-order chi connectivity index (χ1) is 3.81. The van der Waals surface area contributed by atoms with Gasteiger partial charge in [-0.1, -0.05) is 0 Å². The zero-order valence-electron chi connectivity index (χ0n) is 5.05. The minimum atomic E-state index is -2.34. The van der Waals surface area contributed by atoms with Gasteiger partial charge in [-0.05, 0) is 0 Å². The van der Waals surface area contributed by atoms with Crippen molar-refractivity contribution in [3.05, 3.63) is 0 Å².